The summed E-state index contributed by atoms with van der Waals surface area (Å²) >= 11 is 0. The molecule has 0 saturated carbocycles. The van der Waals surface area contributed by atoms with Gasteiger partial charge in [0.15, 0.2) is 0 Å². The second kappa shape index (κ2) is 8.13. The highest BCUT2D eigenvalue weighted by molar-refractivity contribution is 5.79. The number of carbonyl (C=O) groups excluding carboxylic acids is 1. The van der Waals surface area contributed by atoms with Crippen molar-refractivity contribution in [2.24, 2.45) is 5.92 Å². The summed E-state index contributed by atoms with van der Waals surface area (Å²) in [6, 6.07) is 16.7. The van der Waals surface area contributed by atoms with E-state index in [1.165, 1.54) is 16.7 Å². The maximum Gasteiger partial charge on any atom is 0.226 e. The number of likely N-dealkylation sites (tertiary alicyclic amines) is 1. The van der Waals surface area contributed by atoms with E-state index in [0.29, 0.717) is 5.91 Å². The topological polar surface area (TPSA) is 32.8 Å². The van der Waals surface area contributed by atoms with Crippen LogP contribution in [0.25, 0.3) is 0 Å². The standard InChI is InChI=1S/C23H28N2O2/c1-27-22-9-5-4-8-21(22)16-24-13-10-19(11-14-24)23(26)25-15-12-18-6-2-3-7-20(18)17-25/h2-9,19H,10-17H2,1H3. The lowest BCUT2D eigenvalue weighted by Crippen LogP contribution is -2.44. The molecule has 0 N–H and O–H groups in total. The number of methoxy groups -OCH3 is 1. The fraction of sp³-hybridized carbons (Fsp3) is 0.435. The van der Waals surface area contributed by atoms with Gasteiger partial charge in [0.2, 0.25) is 5.91 Å². The molecule has 0 spiro atoms. The minimum Gasteiger partial charge on any atom is -0.496 e. The molecule has 2 heterocycles. The zero-order chi connectivity index (χ0) is 18.6. The summed E-state index contributed by atoms with van der Waals surface area (Å²) in [5.41, 5.74) is 3.93. The van der Waals surface area contributed by atoms with Crippen LogP contribution in [0.5, 0.6) is 5.75 Å². The van der Waals surface area contributed by atoms with Crippen molar-refractivity contribution in [1.29, 1.82) is 0 Å². The molecule has 2 aromatic rings. The van der Waals surface area contributed by atoms with E-state index >= 15 is 0 Å². The fourth-order valence-corrected chi connectivity index (χ4v) is 4.35. The third-order valence-corrected chi connectivity index (χ3v) is 5.97. The van der Waals surface area contributed by atoms with Crippen LogP contribution in [-0.2, 0) is 24.3 Å². The first-order valence-electron chi connectivity index (χ1n) is 9.94. The number of nitrogens with zero attached hydrogens (tertiary/aromatic N) is 2. The molecule has 27 heavy (non-hydrogen) atoms. The average molecular weight is 364 g/mol. The Kier molecular flexibility index (Phi) is 5.44. The van der Waals surface area contributed by atoms with Crippen LogP contribution in [0.3, 0.4) is 0 Å². The van der Waals surface area contributed by atoms with Crippen LogP contribution in [0.15, 0.2) is 48.5 Å². The van der Waals surface area contributed by atoms with E-state index in [1.54, 1.807) is 7.11 Å². The van der Waals surface area contributed by atoms with Gasteiger partial charge >= 0.3 is 0 Å². The van der Waals surface area contributed by atoms with E-state index in [-0.39, 0.29) is 5.92 Å². The first-order valence-corrected chi connectivity index (χ1v) is 9.94. The number of hydrogen-bond donors (Lipinski definition) is 0. The van der Waals surface area contributed by atoms with Gasteiger partial charge in [0, 0.05) is 31.1 Å². The number of rotatable bonds is 4. The summed E-state index contributed by atoms with van der Waals surface area (Å²) in [6.45, 7) is 4.47. The van der Waals surface area contributed by atoms with Gasteiger partial charge in [0.25, 0.3) is 0 Å². The number of benzene rings is 2. The van der Waals surface area contributed by atoms with E-state index < -0.39 is 0 Å². The lowest BCUT2D eigenvalue weighted by molar-refractivity contribution is -0.138. The van der Waals surface area contributed by atoms with Gasteiger partial charge in [-0.15, -0.1) is 0 Å². The molecule has 4 rings (SSSR count). The summed E-state index contributed by atoms with van der Waals surface area (Å²) < 4.78 is 5.47. The van der Waals surface area contributed by atoms with Crippen LogP contribution in [0, 0.1) is 5.92 Å². The zero-order valence-corrected chi connectivity index (χ0v) is 16.1. The van der Waals surface area contributed by atoms with Gasteiger partial charge in [-0.3, -0.25) is 9.69 Å². The van der Waals surface area contributed by atoms with Gasteiger partial charge in [-0.05, 0) is 49.5 Å². The highest BCUT2D eigenvalue weighted by atomic mass is 16.5. The van der Waals surface area contributed by atoms with E-state index in [4.69, 9.17) is 4.74 Å². The van der Waals surface area contributed by atoms with Crippen LogP contribution < -0.4 is 4.74 Å². The van der Waals surface area contributed by atoms with Crippen LogP contribution in [0.1, 0.15) is 29.5 Å². The maximum atomic E-state index is 13.0. The van der Waals surface area contributed by atoms with Gasteiger partial charge in [-0.2, -0.15) is 0 Å². The number of ether oxygens (including phenoxy) is 1. The summed E-state index contributed by atoms with van der Waals surface area (Å²) in [5, 5.41) is 0. The Morgan fingerprint density at radius 1 is 1.00 bits per heavy atom. The lowest BCUT2D eigenvalue weighted by atomic mass is 9.93. The van der Waals surface area contributed by atoms with E-state index in [1.807, 2.05) is 12.1 Å². The third kappa shape index (κ3) is 4.01. The molecular formula is C23H28N2O2. The molecule has 0 radical (unpaired) electrons. The molecule has 4 nitrogen and oxygen atoms in total. The monoisotopic (exact) mass is 364 g/mol. The van der Waals surface area contributed by atoms with Gasteiger partial charge in [-0.25, -0.2) is 0 Å². The van der Waals surface area contributed by atoms with Gasteiger partial charge in [0.1, 0.15) is 5.75 Å². The molecule has 2 aliphatic heterocycles. The van der Waals surface area contributed by atoms with Gasteiger partial charge < -0.3 is 9.64 Å². The zero-order valence-electron chi connectivity index (χ0n) is 16.1. The molecule has 0 unspecified atom stereocenters. The predicted molar refractivity (Wildman–Crippen MR) is 107 cm³/mol. The fourth-order valence-electron chi connectivity index (χ4n) is 4.35. The Labute approximate surface area is 161 Å². The molecular weight excluding hydrogens is 336 g/mol. The lowest BCUT2D eigenvalue weighted by Gasteiger charge is -2.36. The normalized spacial score (nSPS) is 18.2. The van der Waals surface area contributed by atoms with Crippen LogP contribution in [0.4, 0.5) is 0 Å². The molecule has 1 amide bonds. The van der Waals surface area contributed by atoms with E-state index in [2.05, 4.69) is 46.2 Å². The first-order chi connectivity index (χ1) is 13.2. The van der Waals surface area contributed by atoms with Gasteiger partial charge in [-0.1, -0.05) is 42.5 Å². The molecule has 0 aliphatic carbocycles. The smallest absolute Gasteiger partial charge is 0.226 e. The predicted octanol–water partition coefficient (Wildman–Crippen LogP) is 3.49. The van der Waals surface area contributed by atoms with Crippen LogP contribution in [-0.4, -0.2) is 42.5 Å². The Morgan fingerprint density at radius 2 is 1.70 bits per heavy atom. The molecule has 4 heteroatoms. The second-order valence-corrected chi connectivity index (χ2v) is 7.64. The average Bonchev–Trinajstić information content (AvgIpc) is 2.74. The maximum absolute atomic E-state index is 13.0. The number of piperidine rings is 1. The number of fused-ring (bicyclic) bond motifs is 1. The van der Waals surface area contributed by atoms with E-state index in [9.17, 15) is 4.79 Å². The first kappa shape index (κ1) is 18.1. The van der Waals surface area contributed by atoms with Crippen molar-refractivity contribution in [3.8, 4) is 5.75 Å². The second-order valence-electron chi connectivity index (χ2n) is 7.64. The Bertz CT molecular complexity index is 796. The summed E-state index contributed by atoms with van der Waals surface area (Å²) in [7, 11) is 1.72. The van der Waals surface area contributed by atoms with Crippen molar-refractivity contribution in [3.63, 3.8) is 0 Å². The quantitative estimate of drug-likeness (QED) is 0.833. The van der Waals surface area contributed by atoms with E-state index in [0.717, 1.165) is 57.7 Å². The summed E-state index contributed by atoms with van der Waals surface area (Å²) in [5.74, 6) is 1.47. The Hall–Kier alpha value is -2.33. The molecule has 2 aliphatic rings. The molecule has 142 valence electrons. The number of amides is 1. The minimum atomic E-state index is 0.171. The Morgan fingerprint density at radius 3 is 2.48 bits per heavy atom. The number of carbonyl (C=O) groups is 1. The van der Waals surface area contributed by atoms with Crippen LogP contribution in [0.2, 0.25) is 0 Å². The van der Waals surface area contributed by atoms with Crippen LogP contribution >= 0.6 is 0 Å². The van der Waals surface area contributed by atoms with Gasteiger partial charge in [0.05, 0.1) is 7.11 Å². The Balaban J connectivity index is 1.32. The SMILES string of the molecule is COc1ccccc1CN1CCC(C(=O)N2CCc3ccccc3C2)CC1. The van der Waals surface area contributed by atoms with Crippen molar-refractivity contribution in [1.82, 2.24) is 9.80 Å². The number of para-hydroxylation sites is 1. The number of hydrogen-bond acceptors (Lipinski definition) is 3. The minimum absolute atomic E-state index is 0.171. The summed E-state index contributed by atoms with van der Waals surface area (Å²) in [6.07, 6.45) is 2.88. The summed E-state index contributed by atoms with van der Waals surface area (Å²) in [4.78, 5) is 17.5. The van der Waals surface area contributed by atoms with Crippen molar-refractivity contribution >= 4 is 5.91 Å². The third-order valence-electron chi connectivity index (χ3n) is 5.97. The molecule has 0 bridgehead atoms. The highest BCUT2D eigenvalue weighted by Crippen LogP contribution is 2.26. The largest absolute Gasteiger partial charge is 0.496 e. The highest BCUT2D eigenvalue weighted by Gasteiger charge is 2.30. The van der Waals surface area contributed by atoms with Crippen molar-refractivity contribution < 1.29 is 9.53 Å². The molecule has 2 aromatic carbocycles. The molecule has 1 fully saturated rings. The molecule has 0 aromatic heterocycles. The van der Waals surface area contributed by atoms with Crippen molar-refractivity contribution in [2.45, 2.75) is 32.4 Å². The van der Waals surface area contributed by atoms with Crippen molar-refractivity contribution in [2.75, 3.05) is 26.7 Å². The molecule has 0 atom stereocenters. The molecule has 1 saturated heterocycles. The van der Waals surface area contributed by atoms with Crippen molar-refractivity contribution in [3.05, 3.63) is 65.2 Å².